The predicted octanol–water partition coefficient (Wildman–Crippen LogP) is 3.53. The predicted molar refractivity (Wildman–Crippen MR) is 84.8 cm³/mol. The molecule has 2 N–H and O–H groups in total. The number of carbonyl (C=O) groups is 1. The van der Waals surface area contributed by atoms with Crippen molar-refractivity contribution in [1.29, 1.82) is 0 Å². The SMILES string of the molecule is Cc1ccc(NC(=O)c2ccc(NC3CC3)cn2)cc1C. The second-order valence-corrected chi connectivity index (χ2v) is 5.60. The highest BCUT2D eigenvalue weighted by molar-refractivity contribution is 6.03. The van der Waals surface area contributed by atoms with Crippen LogP contribution in [0.1, 0.15) is 34.5 Å². The second kappa shape index (κ2) is 5.56. The van der Waals surface area contributed by atoms with Gasteiger partial charge in [0.05, 0.1) is 11.9 Å². The number of amides is 1. The summed E-state index contributed by atoms with van der Waals surface area (Å²) in [5.74, 6) is -0.184. The van der Waals surface area contributed by atoms with Crippen LogP contribution in [0, 0.1) is 13.8 Å². The van der Waals surface area contributed by atoms with E-state index in [0.717, 1.165) is 16.9 Å². The van der Waals surface area contributed by atoms with Crippen LogP contribution in [-0.4, -0.2) is 16.9 Å². The number of aromatic nitrogens is 1. The number of anilines is 2. The normalized spacial score (nSPS) is 13.8. The molecule has 0 bridgehead atoms. The summed E-state index contributed by atoms with van der Waals surface area (Å²) in [7, 11) is 0. The molecule has 3 rings (SSSR count). The van der Waals surface area contributed by atoms with Crippen LogP contribution in [0.3, 0.4) is 0 Å². The van der Waals surface area contributed by atoms with E-state index < -0.39 is 0 Å². The van der Waals surface area contributed by atoms with Crippen LogP contribution in [0.5, 0.6) is 0 Å². The molecule has 0 saturated heterocycles. The van der Waals surface area contributed by atoms with Crippen molar-refractivity contribution in [3.05, 3.63) is 53.3 Å². The zero-order valence-corrected chi connectivity index (χ0v) is 12.3. The smallest absolute Gasteiger partial charge is 0.274 e. The first-order valence-electron chi connectivity index (χ1n) is 7.23. The maximum Gasteiger partial charge on any atom is 0.274 e. The van der Waals surface area contributed by atoms with Crippen LogP contribution < -0.4 is 10.6 Å². The first-order valence-corrected chi connectivity index (χ1v) is 7.23. The Labute approximate surface area is 124 Å². The molecule has 0 atom stereocenters. The number of carbonyl (C=O) groups excluding carboxylic acids is 1. The van der Waals surface area contributed by atoms with Crippen LogP contribution in [0.4, 0.5) is 11.4 Å². The molecule has 1 amide bonds. The van der Waals surface area contributed by atoms with Gasteiger partial charge in [0.15, 0.2) is 0 Å². The van der Waals surface area contributed by atoms with E-state index in [0.29, 0.717) is 11.7 Å². The maximum absolute atomic E-state index is 12.2. The first-order chi connectivity index (χ1) is 10.1. The molecule has 2 aromatic rings. The van der Waals surface area contributed by atoms with Gasteiger partial charge in [-0.1, -0.05) is 6.07 Å². The zero-order valence-electron chi connectivity index (χ0n) is 12.3. The molecule has 1 heterocycles. The molecule has 1 aliphatic carbocycles. The van der Waals surface area contributed by atoms with Gasteiger partial charge in [0, 0.05) is 11.7 Å². The van der Waals surface area contributed by atoms with E-state index >= 15 is 0 Å². The molecular formula is C17H19N3O. The fourth-order valence-electron chi connectivity index (χ4n) is 2.09. The summed E-state index contributed by atoms with van der Waals surface area (Å²) >= 11 is 0. The van der Waals surface area contributed by atoms with Gasteiger partial charge in [0.2, 0.25) is 0 Å². The molecule has 0 radical (unpaired) electrons. The van der Waals surface area contributed by atoms with Crippen LogP contribution >= 0.6 is 0 Å². The molecule has 0 aliphatic heterocycles. The molecule has 4 nitrogen and oxygen atoms in total. The van der Waals surface area contributed by atoms with E-state index in [1.54, 1.807) is 12.3 Å². The van der Waals surface area contributed by atoms with Crippen LogP contribution in [0.25, 0.3) is 0 Å². The number of nitrogens with one attached hydrogen (secondary N) is 2. The third-order valence-electron chi connectivity index (χ3n) is 3.71. The Balaban J connectivity index is 1.67. The van der Waals surface area contributed by atoms with Gasteiger partial charge in [0.25, 0.3) is 5.91 Å². The standard InChI is InChI=1S/C17H19N3O/c1-11-3-4-14(9-12(11)2)20-17(21)16-8-7-15(10-18-16)19-13-5-6-13/h3-4,7-10,13,19H,5-6H2,1-2H3,(H,20,21). The van der Waals surface area contributed by atoms with Crippen LogP contribution in [-0.2, 0) is 0 Å². The largest absolute Gasteiger partial charge is 0.381 e. The molecule has 1 saturated carbocycles. The van der Waals surface area contributed by atoms with Crippen LogP contribution in [0.15, 0.2) is 36.5 Å². The number of hydrogen-bond acceptors (Lipinski definition) is 3. The Hall–Kier alpha value is -2.36. The lowest BCUT2D eigenvalue weighted by Crippen LogP contribution is -2.14. The monoisotopic (exact) mass is 281 g/mol. The summed E-state index contributed by atoms with van der Waals surface area (Å²) in [5, 5.41) is 6.23. The Morgan fingerprint density at radius 1 is 1.10 bits per heavy atom. The molecule has 1 fully saturated rings. The van der Waals surface area contributed by atoms with Gasteiger partial charge in [-0.3, -0.25) is 4.79 Å². The minimum atomic E-state index is -0.184. The van der Waals surface area contributed by atoms with Crippen molar-refractivity contribution in [3.8, 4) is 0 Å². The number of hydrogen-bond donors (Lipinski definition) is 2. The lowest BCUT2D eigenvalue weighted by atomic mass is 10.1. The average molecular weight is 281 g/mol. The molecule has 21 heavy (non-hydrogen) atoms. The molecule has 1 aliphatic rings. The lowest BCUT2D eigenvalue weighted by Gasteiger charge is -2.08. The first kappa shape index (κ1) is 13.6. The molecule has 1 aromatic carbocycles. The van der Waals surface area contributed by atoms with E-state index in [-0.39, 0.29) is 5.91 Å². The number of pyridine rings is 1. The zero-order chi connectivity index (χ0) is 14.8. The van der Waals surface area contributed by atoms with Gasteiger partial charge < -0.3 is 10.6 Å². The number of nitrogens with zero attached hydrogens (tertiary/aromatic N) is 1. The van der Waals surface area contributed by atoms with Crippen molar-refractivity contribution in [3.63, 3.8) is 0 Å². The molecule has 0 spiro atoms. The molecule has 1 aromatic heterocycles. The summed E-state index contributed by atoms with van der Waals surface area (Å²) in [5.41, 5.74) is 4.56. The highest BCUT2D eigenvalue weighted by Crippen LogP contribution is 2.24. The van der Waals surface area contributed by atoms with E-state index in [1.807, 2.05) is 38.1 Å². The Morgan fingerprint density at radius 3 is 2.48 bits per heavy atom. The molecular weight excluding hydrogens is 262 g/mol. The number of rotatable bonds is 4. The summed E-state index contributed by atoms with van der Waals surface area (Å²) in [6.45, 7) is 4.08. The minimum Gasteiger partial charge on any atom is -0.381 e. The van der Waals surface area contributed by atoms with E-state index in [1.165, 1.54) is 18.4 Å². The van der Waals surface area contributed by atoms with E-state index in [9.17, 15) is 4.79 Å². The van der Waals surface area contributed by atoms with Gasteiger partial charge in [0.1, 0.15) is 5.69 Å². The lowest BCUT2D eigenvalue weighted by molar-refractivity contribution is 0.102. The summed E-state index contributed by atoms with van der Waals surface area (Å²) in [4.78, 5) is 16.4. The van der Waals surface area contributed by atoms with Crippen molar-refractivity contribution in [2.75, 3.05) is 10.6 Å². The second-order valence-electron chi connectivity index (χ2n) is 5.60. The van der Waals surface area contributed by atoms with Crippen molar-refractivity contribution in [1.82, 2.24) is 4.98 Å². The Morgan fingerprint density at radius 2 is 1.86 bits per heavy atom. The average Bonchev–Trinajstić information content (AvgIpc) is 3.28. The van der Waals surface area contributed by atoms with E-state index in [2.05, 4.69) is 15.6 Å². The number of benzene rings is 1. The van der Waals surface area contributed by atoms with Crippen molar-refractivity contribution in [2.45, 2.75) is 32.7 Å². The summed E-state index contributed by atoms with van der Waals surface area (Å²) < 4.78 is 0. The Kier molecular flexibility index (Phi) is 3.60. The van der Waals surface area contributed by atoms with Gasteiger partial charge >= 0.3 is 0 Å². The highest BCUT2D eigenvalue weighted by atomic mass is 16.1. The highest BCUT2D eigenvalue weighted by Gasteiger charge is 2.20. The molecule has 4 heteroatoms. The quantitative estimate of drug-likeness (QED) is 0.901. The van der Waals surface area contributed by atoms with Gasteiger partial charge in [-0.15, -0.1) is 0 Å². The van der Waals surface area contributed by atoms with Gasteiger partial charge in [-0.2, -0.15) is 0 Å². The summed E-state index contributed by atoms with van der Waals surface area (Å²) in [6.07, 6.45) is 4.15. The van der Waals surface area contributed by atoms with Crippen LogP contribution in [0.2, 0.25) is 0 Å². The Bertz CT molecular complexity index is 660. The molecule has 0 unspecified atom stereocenters. The fourth-order valence-corrected chi connectivity index (χ4v) is 2.09. The third-order valence-corrected chi connectivity index (χ3v) is 3.71. The topological polar surface area (TPSA) is 54.0 Å². The van der Waals surface area contributed by atoms with E-state index in [4.69, 9.17) is 0 Å². The minimum absolute atomic E-state index is 0.184. The van der Waals surface area contributed by atoms with Crippen molar-refractivity contribution >= 4 is 17.3 Å². The molecule has 108 valence electrons. The van der Waals surface area contributed by atoms with Gasteiger partial charge in [-0.25, -0.2) is 4.98 Å². The van der Waals surface area contributed by atoms with Gasteiger partial charge in [-0.05, 0) is 62.1 Å². The fraction of sp³-hybridized carbons (Fsp3) is 0.294. The van der Waals surface area contributed by atoms with Crippen molar-refractivity contribution < 1.29 is 4.79 Å². The van der Waals surface area contributed by atoms with Crippen molar-refractivity contribution in [2.24, 2.45) is 0 Å². The third kappa shape index (κ3) is 3.40. The summed E-state index contributed by atoms with van der Waals surface area (Å²) in [6, 6.07) is 10.1. The maximum atomic E-state index is 12.2. The number of aryl methyl sites for hydroxylation is 2.